The van der Waals surface area contributed by atoms with Gasteiger partial charge in [0.05, 0.1) is 0 Å². The summed E-state index contributed by atoms with van der Waals surface area (Å²) in [5, 5.41) is 10.2. The maximum Gasteiger partial charge on any atom is 0.0496 e. The van der Waals surface area contributed by atoms with Crippen LogP contribution in [-0.2, 0) is 28.2 Å². The predicted octanol–water partition coefficient (Wildman–Crippen LogP) is 15.4. The maximum absolute atomic E-state index is 2.39. The number of fused-ring (bicyclic) bond motifs is 12. The minimum Gasteiger partial charge on any atom is -0.344 e. The molecule has 0 saturated carbocycles. The highest BCUT2D eigenvalue weighted by Gasteiger charge is 2.17. The molecular formula is C60H48N4. The number of rotatable bonds is 6. The zero-order chi connectivity index (χ0) is 43.4. The van der Waals surface area contributed by atoms with Crippen molar-refractivity contribution in [1.82, 2.24) is 18.3 Å². The fourth-order valence-corrected chi connectivity index (χ4v) is 10.2. The van der Waals surface area contributed by atoms with E-state index < -0.39 is 0 Å². The lowest BCUT2D eigenvalue weighted by atomic mass is 10.0. The van der Waals surface area contributed by atoms with Crippen LogP contribution < -0.4 is 0 Å². The van der Waals surface area contributed by atoms with E-state index in [9.17, 15) is 0 Å². The van der Waals surface area contributed by atoms with Crippen molar-refractivity contribution in [3.8, 4) is 0 Å². The van der Waals surface area contributed by atoms with Crippen LogP contribution in [0.3, 0.4) is 0 Å². The summed E-state index contributed by atoms with van der Waals surface area (Å²) < 4.78 is 9.41. The summed E-state index contributed by atoms with van der Waals surface area (Å²) in [6.45, 7) is 4.25. The molecule has 308 valence electrons. The van der Waals surface area contributed by atoms with Crippen molar-refractivity contribution in [3.05, 3.63) is 190 Å². The van der Waals surface area contributed by atoms with Gasteiger partial charge in [-0.05, 0) is 95.8 Å². The Kier molecular flexibility index (Phi) is 8.51. The van der Waals surface area contributed by atoms with Crippen LogP contribution in [0, 0.1) is 13.8 Å². The minimum absolute atomic E-state index is 1.18. The van der Waals surface area contributed by atoms with Gasteiger partial charge in [-0.25, -0.2) is 0 Å². The van der Waals surface area contributed by atoms with Crippen molar-refractivity contribution < 1.29 is 0 Å². The number of nitrogens with zero attached hydrogens (tertiary/aromatic N) is 4. The molecule has 4 heteroatoms. The molecule has 0 radical (unpaired) electrons. The Morgan fingerprint density at radius 3 is 0.688 bits per heavy atom. The highest BCUT2D eigenvalue weighted by Crippen LogP contribution is 2.39. The van der Waals surface area contributed by atoms with Crippen LogP contribution in [-0.4, -0.2) is 18.3 Å². The topological polar surface area (TPSA) is 19.7 Å². The molecule has 0 saturated heterocycles. The van der Waals surface area contributed by atoms with Crippen LogP contribution in [0.5, 0.6) is 0 Å². The maximum atomic E-state index is 2.39. The van der Waals surface area contributed by atoms with E-state index in [0.717, 1.165) is 0 Å². The first-order valence-electron chi connectivity index (χ1n) is 22.2. The second-order valence-corrected chi connectivity index (χ2v) is 17.9. The lowest BCUT2D eigenvalue weighted by Crippen LogP contribution is -1.88. The summed E-state index contributed by atoms with van der Waals surface area (Å²) in [5.41, 5.74) is 19.7. The summed E-state index contributed by atoms with van der Waals surface area (Å²) in [7, 11) is 8.79. The standard InChI is InChI=1S/C60H48N4/c1-37-7-11-39(12-8-37)15-17-41-21-25-45-49-33-59-51(35-57(49)61(3)53(45)29-41)47-27-23-43(31-55(47)63(59)5)19-20-44-24-28-48-52-36-58-50(34-60(52)64(6)56(48)32-44)46-26-22-42(30-54(46)62(58)4)18-16-40-13-9-38(2)10-14-40/h7-36H,1-6H3. The van der Waals surface area contributed by atoms with Crippen molar-refractivity contribution in [3.63, 3.8) is 0 Å². The number of benzene rings is 8. The Hall–Kier alpha value is -7.82. The number of hydrogen-bond donors (Lipinski definition) is 0. The molecule has 0 amide bonds. The van der Waals surface area contributed by atoms with Gasteiger partial charge >= 0.3 is 0 Å². The van der Waals surface area contributed by atoms with Gasteiger partial charge in [-0.15, -0.1) is 0 Å². The van der Waals surface area contributed by atoms with Gasteiger partial charge in [0.25, 0.3) is 0 Å². The summed E-state index contributed by atoms with van der Waals surface area (Å²) >= 11 is 0. The van der Waals surface area contributed by atoms with E-state index in [1.165, 1.54) is 132 Å². The van der Waals surface area contributed by atoms with Gasteiger partial charge in [-0.1, -0.05) is 145 Å². The molecule has 12 aromatic rings. The molecule has 0 bridgehead atoms. The molecule has 0 aliphatic rings. The normalized spacial score (nSPS) is 12.7. The van der Waals surface area contributed by atoms with Crippen LogP contribution in [0.4, 0.5) is 0 Å². The van der Waals surface area contributed by atoms with Gasteiger partial charge in [0, 0.05) is 115 Å². The molecule has 0 spiro atoms. The van der Waals surface area contributed by atoms with Gasteiger partial charge in [0.2, 0.25) is 0 Å². The third-order valence-electron chi connectivity index (χ3n) is 13.9. The van der Waals surface area contributed by atoms with Gasteiger partial charge in [0.1, 0.15) is 0 Å². The fraction of sp³-hybridized carbons (Fsp3) is 0.100. The van der Waals surface area contributed by atoms with Gasteiger partial charge in [-0.2, -0.15) is 0 Å². The van der Waals surface area contributed by atoms with E-state index in [0.29, 0.717) is 0 Å². The Morgan fingerprint density at radius 1 is 0.234 bits per heavy atom. The van der Waals surface area contributed by atoms with E-state index in [2.05, 4.69) is 242 Å². The molecule has 12 rings (SSSR count). The minimum atomic E-state index is 1.18. The second-order valence-electron chi connectivity index (χ2n) is 17.9. The van der Waals surface area contributed by atoms with E-state index in [1.54, 1.807) is 0 Å². The van der Waals surface area contributed by atoms with Crippen LogP contribution >= 0.6 is 0 Å². The van der Waals surface area contributed by atoms with Crippen LogP contribution in [0.1, 0.15) is 44.5 Å². The SMILES string of the molecule is Cc1ccc(C=Cc2ccc3c4cc5c(cc4n(C)c3c2)c2ccc(C=Cc3ccc4c6cc7c(cc6n(C)c4c3)c3ccc(C=Cc4ccc(C)cc4)cc3n7C)cc2n5C)cc1. The first-order chi connectivity index (χ1) is 31.1. The predicted molar refractivity (Wildman–Crippen MR) is 278 cm³/mol. The van der Waals surface area contributed by atoms with Crippen molar-refractivity contribution in [2.45, 2.75) is 13.8 Å². The van der Waals surface area contributed by atoms with Crippen LogP contribution in [0.15, 0.2) is 146 Å². The lowest BCUT2D eigenvalue weighted by molar-refractivity contribution is 1.01. The van der Waals surface area contributed by atoms with Gasteiger partial charge in [0.15, 0.2) is 0 Å². The first kappa shape index (κ1) is 37.9. The molecule has 0 aliphatic carbocycles. The summed E-state index contributed by atoms with van der Waals surface area (Å²) in [5.74, 6) is 0. The number of hydrogen-bond acceptors (Lipinski definition) is 0. The Balaban J connectivity index is 0.849. The molecule has 0 N–H and O–H groups in total. The number of aryl methyl sites for hydroxylation is 6. The fourth-order valence-electron chi connectivity index (χ4n) is 10.2. The largest absolute Gasteiger partial charge is 0.344 e. The van der Waals surface area contributed by atoms with E-state index in [-0.39, 0.29) is 0 Å². The molecule has 8 aromatic carbocycles. The third-order valence-corrected chi connectivity index (χ3v) is 13.9. The molecular weight excluding hydrogens is 777 g/mol. The van der Waals surface area contributed by atoms with Crippen LogP contribution in [0.2, 0.25) is 0 Å². The third kappa shape index (κ3) is 6.05. The average Bonchev–Trinajstić information content (AvgIpc) is 3.96. The van der Waals surface area contributed by atoms with Gasteiger partial charge < -0.3 is 18.3 Å². The molecule has 0 atom stereocenters. The summed E-state index contributed by atoms with van der Waals surface area (Å²) in [4.78, 5) is 0. The zero-order valence-corrected chi connectivity index (χ0v) is 37.1. The number of aromatic nitrogens is 4. The highest BCUT2D eigenvalue weighted by atomic mass is 15.0. The average molecular weight is 825 g/mol. The van der Waals surface area contributed by atoms with Crippen molar-refractivity contribution >= 4 is 124 Å². The second kappa shape index (κ2) is 14.4. The Morgan fingerprint density at radius 2 is 0.438 bits per heavy atom. The van der Waals surface area contributed by atoms with Crippen molar-refractivity contribution in [2.75, 3.05) is 0 Å². The molecule has 4 nitrogen and oxygen atoms in total. The smallest absolute Gasteiger partial charge is 0.0496 e. The molecule has 64 heavy (non-hydrogen) atoms. The Labute approximate surface area is 372 Å². The van der Waals surface area contributed by atoms with Gasteiger partial charge in [-0.3, -0.25) is 0 Å². The summed E-state index contributed by atoms with van der Waals surface area (Å²) in [6.07, 6.45) is 13.3. The monoisotopic (exact) mass is 824 g/mol. The van der Waals surface area contributed by atoms with Crippen molar-refractivity contribution in [1.29, 1.82) is 0 Å². The molecule has 4 aromatic heterocycles. The quantitative estimate of drug-likeness (QED) is 0.149. The molecule has 0 unspecified atom stereocenters. The summed E-state index contributed by atoms with van der Waals surface area (Å²) in [6, 6.07) is 54.3. The highest BCUT2D eigenvalue weighted by molar-refractivity contribution is 6.20. The van der Waals surface area contributed by atoms with Crippen LogP contribution in [0.25, 0.3) is 124 Å². The molecule has 4 heterocycles. The Bertz CT molecular complexity index is 3720. The zero-order valence-electron chi connectivity index (χ0n) is 37.1. The first-order valence-corrected chi connectivity index (χ1v) is 22.2. The van der Waals surface area contributed by atoms with E-state index in [1.807, 2.05) is 0 Å². The lowest BCUT2D eigenvalue weighted by Gasteiger charge is -2.01. The van der Waals surface area contributed by atoms with E-state index in [4.69, 9.17) is 0 Å². The molecule has 0 aliphatic heterocycles. The van der Waals surface area contributed by atoms with Crippen molar-refractivity contribution in [2.24, 2.45) is 28.2 Å². The van der Waals surface area contributed by atoms with E-state index >= 15 is 0 Å². The molecule has 0 fully saturated rings.